The number of nitrogens with one attached hydrogen (secondary N) is 1. The third-order valence-corrected chi connectivity index (χ3v) is 5.68. The van der Waals surface area contributed by atoms with E-state index in [0.29, 0.717) is 42.5 Å². The smallest absolute Gasteiger partial charge is 0.171 e. The molecule has 0 saturated heterocycles. The number of hydrogen-bond donors (Lipinski definition) is 1. The molecule has 0 aliphatic carbocycles. The minimum Gasteiger partial charge on any atom is -0.493 e. The van der Waals surface area contributed by atoms with Crippen molar-refractivity contribution in [2.45, 2.75) is 19.4 Å². The molecule has 7 nitrogen and oxygen atoms in total. The highest BCUT2D eigenvalue weighted by molar-refractivity contribution is 5.80. The number of anilines is 1. The number of pyridine rings is 2. The predicted molar refractivity (Wildman–Crippen MR) is 108 cm³/mol. The normalized spacial score (nSPS) is 17.1. The number of aromatic nitrogens is 4. The molecule has 8 heteroatoms. The summed E-state index contributed by atoms with van der Waals surface area (Å²) in [5, 5.41) is 11.7. The van der Waals surface area contributed by atoms with Crippen molar-refractivity contribution in [1.82, 2.24) is 19.6 Å². The molecule has 2 aliphatic rings. The lowest BCUT2D eigenvalue weighted by Gasteiger charge is -2.16. The standard InChI is InChI=1S/C22H18FN5O2/c1-12-3-2-4-17(26-12)14-7-19-22(28-11-25-27-21(14)28)24-8-15-16(23)5-6-18-20(15)13(9-29-18)10-30-19/h2-7,11,13,24H,8-10H2,1H3/t13-/m0/s1. The van der Waals surface area contributed by atoms with Gasteiger partial charge in [-0.2, -0.15) is 0 Å². The molecule has 30 heavy (non-hydrogen) atoms. The highest BCUT2D eigenvalue weighted by Gasteiger charge is 2.31. The zero-order chi connectivity index (χ0) is 20.2. The number of hydrogen-bond acceptors (Lipinski definition) is 6. The minimum atomic E-state index is -0.249. The van der Waals surface area contributed by atoms with E-state index >= 15 is 0 Å². The van der Waals surface area contributed by atoms with Crippen molar-refractivity contribution in [3.05, 3.63) is 65.4 Å². The molecule has 1 N–H and O–H groups in total. The Labute approximate surface area is 171 Å². The Hall–Kier alpha value is -3.68. The van der Waals surface area contributed by atoms with E-state index in [1.165, 1.54) is 6.07 Å². The molecule has 1 aromatic carbocycles. The van der Waals surface area contributed by atoms with Crippen LogP contribution in [0.5, 0.6) is 11.5 Å². The summed E-state index contributed by atoms with van der Waals surface area (Å²) < 4.78 is 28.5. The van der Waals surface area contributed by atoms with Gasteiger partial charge in [0.25, 0.3) is 0 Å². The maximum Gasteiger partial charge on any atom is 0.171 e. The van der Waals surface area contributed by atoms with Crippen LogP contribution in [-0.2, 0) is 6.54 Å². The molecule has 4 aromatic rings. The second-order valence-electron chi connectivity index (χ2n) is 7.57. The second-order valence-corrected chi connectivity index (χ2v) is 7.57. The third-order valence-electron chi connectivity index (χ3n) is 5.68. The Morgan fingerprint density at radius 2 is 2.00 bits per heavy atom. The van der Waals surface area contributed by atoms with E-state index in [1.807, 2.05) is 35.6 Å². The maximum absolute atomic E-state index is 14.7. The monoisotopic (exact) mass is 403 g/mol. The van der Waals surface area contributed by atoms with E-state index in [1.54, 1.807) is 12.4 Å². The fraction of sp³-hybridized carbons (Fsp3) is 0.227. The van der Waals surface area contributed by atoms with Gasteiger partial charge in [-0.15, -0.1) is 10.2 Å². The molecular formula is C22H18FN5O2. The fourth-order valence-electron chi connectivity index (χ4n) is 4.27. The Bertz CT molecular complexity index is 1300. The van der Waals surface area contributed by atoms with Crippen molar-refractivity contribution < 1.29 is 13.9 Å². The van der Waals surface area contributed by atoms with Crippen molar-refractivity contribution in [2.24, 2.45) is 0 Å². The summed E-state index contributed by atoms with van der Waals surface area (Å²) >= 11 is 0. The molecule has 0 spiro atoms. The first-order valence-corrected chi connectivity index (χ1v) is 9.80. The van der Waals surface area contributed by atoms with Gasteiger partial charge in [0.05, 0.1) is 24.8 Å². The van der Waals surface area contributed by atoms with Crippen molar-refractivity contribution in [1.29, 1.82) is 0 Å². The van der Waals surface area contributed by atoms with Gasteiger partial charge in [-0.1, -0.05) is 6.07 Å². The molecule has 0 bridgehead atoms. The van der Waals surface area contributed by atoms with E-state index in [-0.39, 0.29) is 11.7 Å². The predicted octanol–water partition coefficient (Wildman–Crippen LogP) is 3.72. The Kier molecular flexibility index (Phi) is 3.68. The first-order valence-electron chi connectivity index (χ1n) is 9.80. The SMILES string of the molecule is Cc1cccc(-c2cc3c(n4cnnc24)NCc2c(F)ccc4c2[C@@H](CO4)CO3)n1. The van der Waals surface area contributed by atoms with Gasteiger partial charge >= 0.3 is 0 Å². The number of halogens is 1. The number of benzene rings is 1. The van der Waals surface area contributed by atoms with Gasteiger partial charge in [0.1, 0.15) is 17.9 Å². The van der Waals surface area contributed by atoms with Crippen LogP contribution in [0.2, 0.25) is 0 Å². The number of aryl methyl sites for hydroxylation is 1. The molecule has 150 valence electrons. The highest BCUT2D eigenvalue weighted by Crippen LogP contribution is 2.41. The Morgan fingerprint density at radius 1 is 1.13 bits per heavy atom. The number of rotatable bonds is 1. The van der Waals surface area contributed by atoms with Crippen molar-refractivity contribution in [3.8, 4) is 22.8 Å². The van der Waals surface area contributed by atoms with Crippen LogP contribution in [0.3, 0.4) is 0 Å². The molecule has 0 unspecified atom stereocenters. The molecule has 1 atom stereocenters. The molecule has 2 aliphatic heterocycles. The van der Waals surface area contributed by atoms with E-state index < -0.39 is 0 Å². The lowest BCUT2D eigenvalue weighted by molar-refractivity contribution is 0.249. The van der Waals surface area contributed by atoms with Crippen LogP contribution < -0.4 is 14.8 Å². The fourth-order valence-corrected chi connectivity index (χ4v) is 4.27. The second kappa shape index (κ2) is 6.41. The lowest BCUT2D eigenvalue weighted by Crippen LogP contribution is -2.13. The first kappa shape index (κ1) is 17.2. The van der Waals surface area contributed by atoms with Crippen molar-refractivity contribution in [2.75, 3.05) is 18.5 Å². The molecule has 0 radical (unpaired) electrons. The number of nitrogens with zero attached hydrogens (tertiary/aromatic N) is 4. The van der Waals surface area contributed by atoms with Crippen LogP contribution >= 0.6 is 0 Å². The number of fused-ring (bicyclic) bond motifs is 3. The summed E-state index contributed by atoms with van der Waals surface area (Å²) in [5.41, 5.74) is 4.68. The van der Waals surface area contributed by atoms with Gasteiger partial charge in [-0.05, 0) is 37.3 Å². The van der Waals surface area contributed by atoms with Crippen LogP contribution in [0, 0.1) is 12.7 Å². The van der Waals surface area contributed by atoms with E-state index in [2.05, 4.69) is 20.5 Å². The van der Waals surface area contributed by atoms with E-state index in [9.17, 15) is 4.39 Å². The van der Waals surface area contributed by atoms with Gasteiger partial charge in [0.2, 0.25) is 0 Å². The van der Waals surface area contributed by atoms with Crippen LogP contribution in [0.1, 0.15) is 22.7 Å². The van der Waals surface area contributed by atoms with Gasteiger partial charge in [-0.25, -0.2) is 4.39 Å². The Balaban J connectivity index is 1.52. The summed E-state index contributed by atoms with van der Waals surface area (Å²) in [6.45, 7) is 3.11. The van der Waals surface area contributed by atoms with Crippen LogP contribution in [0.4, 0.5) is 10.2 Å². The van der Waals surface area contributed by atoms with Crippen molar-refractivity contribution in [3.63, 3.8) is 0 Å². The van der Waals surface area contributed by atoms with E-state index in [4.69, 9.17) is 9.47 Å². The largest absolute Gasteiger partial charge is 0.493 e. The summed E-state index contributed by atoms with van der Waals surface area (Å²) in [6, 6.07) is 10.9. The molecule has 6 rings (SSSR count). The summed E-state index contributed by atoms with van der Waals surface area (Å²) in [7, 11) is 0. The number of ether oxygens (including phenoxy) is 2. The average Bonchev–Trinajstić information content (AvgIpc) is 3.39. The quantitative estimate of drug-likeness (QED) is 0.522. The van der Waals surface area contributed by atoms with Crippen LogP contribution in [-0.4, -0.2) is 32.8 Å². The van der Waals surface area contributed by atoms with Gasteiger partial charge in [-0.3, -0.25) is 9.38 Å². The summed E-state index contributed by atoms with van der Waals surface area (Å²) in [4.78, 5) is 4.64. The average molecular weight is 403 g/mol. The van der Waals surface area contributed by atoms with Gasteiger partial charge in [0, 0.05) is 28.9 Å². The summed E-state index contributed by atoms with van der Waals surface area (Å²) in [5.74, 6) is 1.77. The molecule has 0 amide bonds. The minimum absolute atomic E-state index is 0.0318. The van der Waals surface area contributed by atoms with Crippen molar-refractivity contribution >= 4 is 11.5 Å². The zero-order valence-electron chi connectivity index (χ0n) is 16.2. The molecule has 0 saturated carbocycles. The van der Waals surface area contributed by atoms with Gasteiger partial charge < -0.3 is 14.8 Å². The molecular weight excluding hydrogens is 385 g/mol. The topological polar surface area (TPSA) is 73.6 Å². The first-order chi connectivity index (χ1) is 14.7. The third kappa shape index (κ3) is 2.53. The summed E-state index contributed by atoms with van der Waals surface area (Å²) in [6.07, 6.45) is 1.63. The van der Waals surface area contributed by atoms with Gasteiger partial charge in [0.15, 0.2) is 17.2 Å². The zero-order valence-corrected chi connectivity index (χ0v) is 16.2. The van der Waals surface area contributed by atoms with Crippen LogP contribution in [0.15, 0.2) is 42.7 Å². The van der Waals surface area contributed by atoms with E-state index in [0.717, 1.165) is 28.3 Å². The van der Waals surface area contributed by atoms with Crippen LogP contribution in [0.25, 0.3) is 16.9 Å². The molecule has 3 aromatic heterocycles. The molecule has 0 fully saturated rings. The highest BCUT2D eigenvalue weighted by atomic mass is 19.1. The Morgan fingerprint density at radius 3 is 2.87 bits per heavy atom. The maximum atomic E-state index is 14.7. The lowest BCUT2D eigenvalue weighted by atomic mass is 9.96. The molecule has 5 heterocycles.